The molecule has 1 amide bonds. The number of nitrogens with zero attached hydrogens (tertiary/aromatic N) is 1. The second-order valence-electron chi connectivity index (χ2n) is 6.26. The van der Waals surface area contributed by atoms with Gasteiger partial charge in [-0.25, -0.2) is 0 Å². The number of hydrogen-bond donors (Lipinski definition) is 3. The average molecular weight is 392 g/mol. The van der Waals surface area contributed by atoms with E-state index in [9.17, 15) is 9.90 Å². The molecule has 0 unspecified atom stereocenters. The van der Waals surface area contributed by atoms with Gasteiger partial charge in [0.2, 0.25) is 5.91 Å². The van der Waals surface area contributed by atoms with Gasteiger partial charge in [0.1, 0.15) is 0 Å². The van der Waals surface area contributed by atoms with Gasteiger partial charge in [-0.05, 0) is 44.0 Å². The van der Waals surface area contributed by atoms with Gasteiger partial charge >= 0.3 is 0 Å². The Bertz CT molecular complexity index is 495. The summed E-state index contributed by atoms with van der Waals surface area (Å²) in [4.78, 5) is 14.2. The largest absolute Gasteiger partial charge is 0.393 e. The van der Waals surface area contributed by atoms with Gasteiger partial charge in [0.15, 0.2) is 0 Å². The molecule has 0 saturated carbocycles. The van der Waals surface area contributed by atoms with E-state index in [1.54, 1.807) is 0 Å². The van der Waals surface area contributed by atoms with Crippen molar-refractivity contribution in [3.8, 4) is 0 Å². The van der Waals surface area contributed by atoms with Crippen LogP contribution in [0.3, 0.4) is 0 Å². The molecule has 1 fully saturated rings. The first-order valence-corrected chi connectivity index (χ1v) is 8.57. The highest BCUT2D eigenvalue weighted by Gasteiger charge is 2.17. The molecule has 0 radical (unpaired) electrons. The van der Waals surface area contributed by atoms with Crippen molar-refractivity contribution in [3.05, 3.63) is 35.4 Å². The number of nitrogens with one attached hydrogen (secondary N) is 2. The Balaban J connectivity index is 0.00000288. The van der Waals surface area contributed by atoms with Crippen molar-refractivity contribution in [1.29, 1.82) is 0 Å². The van der Waals surface area contributed by atoms with Crippen LogP contribution in [0.2, 0.25) is 0 Å². The Hall–Kier alpha value is -0.850. The van der Waals surface area contributed by atoms with Gasteiger partial charge in [-0.2, -0.15) is 0 Å². The van der Waals surface area contributed by atoms with Crippen molar-refractivity contribution in [1.82, 2.24) is 15.5 Å². The summed E-state index contributed by atoms with van der Waals surface area (Å²) in [6.07, 6.45) is 2.99. The number of halogens is 2. The predicted octanol–water partition coefficient (Wildman–Crippen LogP) is 2.10. The molecule has 0 aliphatic carbocycles. The van der Waals surface area contributed by atoms with Crippen molar-refractivity contribution >= 4 is 30.7 Å². The minimum absolute atomic E-state index is 0. The number of hydrogen-bond acceptors (Lipinski definition) is 4. The molecular weight excluding hydrogens is 361 g/mol. The van der Waals surface area contributed by atoms with E-state index in [-0.39, 0.29) is 36.8 Å². The molecule has 2 rings (SSSR count). The standard InChI is InChI=1S/C18H29N3O2.2ClH/c1-19-10-4-7-18(23)20-13-15-5-2-3-6-16(15)14-21-11-8-17(22)9-12-21;;/h2-3,5-6,17,19,22H,4,7-14H2,1H3,(H,20,23);2*1H. The summed E-state index contributed by atoms with van der Waals surface area (Å²) >= 11 is 0. The van der Waals surface area contributed by atoms with Crippen LogP contribution in [-0.2, 0) is 17.9 Å². The number of rotatable bonds is 8. The number of aliphatic hydroxyl groups is 1. The Morgan fingerprint density at radius 3 is 2.48 bits per heavy atom. The number of piperidine rings is 1. The maximum absolute atomic E-state index is 11.9. The Morgan fingerprint density at radius 2 is 1.84 bits per heavy atom. The van der Waals surface area contributed by atoms with Gasteiger partial charge in [0.25, 0.3) is 0 Å². The van der Waals surface area contributed by atoms with Crippen LogP contribution in [0.5, 0.6) is 0 Å². The van der Waals surface area contributed by atoms with E-state index >= 15 is 0 Å². The van der Waals surface area contributed by atoms with E-state index in [0.717, 1.165) is 45.4 Å². The molecule has 1 aliphatic heterocycles. The highest BCUT2D eigenvalue weighted by molar-refractivity contribution is 5.85. The van der Waals surface area contributed by atoms with Crippen molar-refractivity contribution < 1.29 is 9.90 Å². The summed E-state index contributed by atoms with van der Waals surface area (Å²) in [5.74, 6) is 0.108. The molecule has 3 N–H and O–H groups in total. The third-order valence-electron chi connectivity index (χ3n) is 4.38. The predicted molar refractivity (Wildman–Crippen MR) is 106 cm³/mol. The fraction of sp³-hybridized carbons (Fsp3) is 0.611. The van der Waals surface area contributed by atoms with E-state index in [1.165, 1.54) is 11.1 Å². The number of aliphatic hydroxyl groups excluding tert-OH is 1. The Kier molecular flexibility index (Phi) is 12.9. The monoisotopic (exact) mass is 391 g/mol. The van der Waals surface area contributed by atoms with Crippen molar-refractivity contribution in [3.63, 3.8) is 0 Å². The van der Waals surface area contributed by atoms with E-state index < -0.39 is 0 Å². The van der Waals surface area contributed by atoms with Crippen LogP contribution >= 0.6 is 24.8 Å². The van der Waals surface area contributed by atoms with Gasteiger partial charge in [0, 0.05) is 32.6 Å². The second kappa shape index (κ2) is 13.4. The van der Waals surface area contributed by atoms with Crippen LogP contribution in [0.25, 0.3) is 0 Å². The molecule has 144 valence electrons. The SMILES string of the molecule is CNCCCC(=O)NCc1ccccc1CN1CCC(O)CC1.Cl.Cl. The molecule has 5 nitrogen and oxygen atoms in total. The zero-order valence-corrected chi connectivity index (χ0v) is 16.5. The molecule has 0 bridgehead atoms. The first-order chi connectivity index (χ1) is 11.2. The maximum atomic E-state index is 11.9. The minimum Gasteiger partial charge on any atom is -0.393 e. The lowest BCUT2D eigenvalue weighted by Crippen LogP contribution is -2.35. The molecule has 1 aromatic rings. The molecule has 1 heterocycles. The van der Waals surface area contributed by atoms with Gasteiger partial charge in [0.05, 0.1) is 6.10 Å². The highest BCUT2D eigenvalue weighted by atomic mass is 35.5. The quantitative estimate of drug-likeness (QED) is 0.593. The summed E-state index contributed by atoms with van der Waals surface area (Å²) in [7, 11) is 1.90. The number of amides is 1. The summed E-state index contributed by atoms with van der Waals surface area (Å²) in [6.45, 7) is 4.21. The van der Waals surface area contributed by atoms with Crippen LogP contribution in [-0.4, -0.2) is 48.7 Å². The van der Waals surface area contributed by atoms with Crippen LogP contribution < -0.4 is 10.6 Å². The number of carbonyl (C=O) groups excluding carboxylic acids is 1. The third kappa shape index (κ3) is 8.88. The molecule has 0 aromatic heterocycles. The minimum atomic E-state index is -0.140. The topological polar surface area (TPSA) is 64.6 Å². The van der Waals surface area contributed by atoms with Crippen LogP contribution in [0.1, 0.15) is 36.8 Å². The van der Waals surface area contributed by atoms with Gasteiger partial charge in [-0.3, -0.25) is 9.69 Å². The summed E-state index contributed by atoms with van der Waals surface area (Å²) in [5.41, 5.74) is 2.44. The van der Waals surface area contributed by atoms with E-state index in [2.05, 4.69) is 27.7 Å². The summed E-state index contributed by atoms with van der Waals surface area (Å²) in [6, 6.07) is 8.29. The molecule has 1 aliphatic rings. The molecule has 1 saturated heterocycles. The highest BCUT2D eigenvalue weighted by Crippen LogP contribution is 2.16. The lowest BCUT2D eigenvalue weighted by Gasteiger charge is -2.30. The number of likely N-dealkylation sites (tertiary alicyclic amines) is 1. The second-order valence-corrected chi connectivity index (χ2v) is 6.26. The molecule has 25 heavy (non-hydrogen) atoms. The fourth-order valence-electron chi connectivity index (χ4n) is 2.91. The lowest BCUT2D eigenvalue weighted by atomic mass is 10.0. The van der Waals surface area contributed by atoms with Gasteiger partial charge in [-0.15, -0.1) is 24.8 Å². The van der Waals surface area contributed by atoms with Crippen molar-refractivity contribution in [2.24, 2.45) is 0 Å². The smallest absolute Gasteiger partial charge is 0.220 e. The van der Waals surface area contributed by atoms with E-state index in [1.807, 2.05) is 19.2 Å². The normalized spacial score (nSPS) is 15.1. The Morgan fingerprint density at radius 1 is 1.20 bits per heavy atom. The third-order valence-corrected chi connectivity index (χ3v) is 4.38. The van der Waals surface area contributed by atoms with Crippen molar-refractivity contribution in [2.45, 2.75) is 44.9 Å². The number of benzene rings is 1. The van der Waals surface area contributed by atoms with Gasteiger partial charge in [-0.1, -0.05) is 24.3 Å². The maximum Gasteiger partial charge on any atom is 0.220 e. The van der Waals surface area contributed by atoms with E-state index in [4.69, 9.17) is 0 Å². The van der Waals surface area contributed by atoms with Gasteiger partial charge < -0.3 is 15.7 Å². The lowest BCUT2D eigenvalue weighted by molar-refractivity contribution is -0.121. The molecule has 7 heteroatoms. The summed E-state index contributed by atoms with van der Waals surface area (Å²) in [5, 5.41) is 15.7. The van der Waals surface area contributed by atoms with Crippen LogP contribution in [0.15, 0.2) is 24.3 Å². The van der Waals surface area contributed by atoms with Crippen LogP contribution in [0, 0.1) is 0 Å². The van der Waals surface area contributed by atoms with Crippen molar-refractivity contribution in [2.75, 3.05) is 26.7 Å². The molecular formula is C18H31Cl2N3O2. The molecule has 0 atom stereocenters. The van der Waals surface area contributed by atoms with Crippen LogP contribution in [0.4, 0.5) is 0 Å². The zero-order chi connectivity index (χ0) is 16.5. The molecule has 0 spiro atoms. The first-order valence-electron chi connectivity index (χ1n) is 8.57. The fourth-order valence-corrected chi connectivity index (χ4v) is 2.91. The first kappa shape index (κ1) is 24.1. The Labute approximate surface area is 163 Å². The summed E-state index contributed by atoms with van der Waals surface area (Å²) < 4.78 is 0. The number of carbonyl (C=O) groups is 1. The molecule has 1 aromatic carbocycles. The zero-order valence-electron chi connectivity index (χ0n) is 14.9. The van der Waals surface area contributed by atoms with E-state index in [0.29, 0.717) is 13.0 Å². The average Bonchev–Trinajstić information content (AvgIpc) is 2.56.